The van der Waals surface area contributed by atoms with Gasteiger partial charge >= 0.3 is 5.97 Å². The molecule has 2 fully saturated rings. The monoisotopic (exact) mass is 240 g/mol. The predicted octanol–water partition coefficient (Wildman–Crippen LogP) is 0.485. The third-order valence-corrected chi connectivity index (χ3v) is 4.30. The first-order chi connectivity index (χ1) is 8.07. The van der Waals surface area contributed by atoms with Gasteiger partial charge in [0.2, 0.25) is 5.91 Å². The zero-order chi connectivity index (χ0) is 12.5. The summed E-state index contributed by atoms with van der Waals surface area (Å²) in [6.07, 6.45) is 4.78. The predicted molar refractivity (Wildman–Crippen MR) is 62.2 cm³/mol. The number of rotatable bonds is 4. The third kappa shape index (κ3) is 2.29. The second-order valence-electron chi connectivity index (χ2n) is 5.36. The number of hydrogen-bond acceptors (Lipinski definition) is 3. The number of carbonyl (C=O) groups is 2. The summed E-state index contributed by atoms with van der Waals surface area (Å²) in [6, 6.07) is 0.0209. The largest absolute Gasteiger partial charge is 0.481 e. The molecule has 0 radical (unpaired) electrons. The molecule has 0 saturated heterocycles. The van der Waals surface area contributed by atoms with Crippen molar-refractivity contribution in [1.29, 1.82) is 0 Å². The average molecular weight is 240 g/mol. The van der Waals surface area contributed by atoms with Crippen molar-refractivity contribution in [3.05, 3.63) is 0 Å². The van der Waals surface area contributed by atoms with Crippen LogP contribution >= 0.6 is 0 Å². The molecule has 5 nitrogen and oxygen atoms in total. The Bertz CT molecular complexity index is 320. The molecule has 4 N–H and O–H groups in total. The van der Waals surface area contributed by atoms with Crippen molar-refractivity contribution in [2.75, 3.05) is 6.54 Å². The lowest BCUT2D eigenvalue weighted by molar-refractivity contribution is -0.142. The molecule has 2 aliphatic carbocycles. The van der Waals surface area contributed by atoms with E-state index in [1.807, 2.05) is 0 Å². The van der Waals surface area contributed by atoms with Crippen LogP contribution in [0.3, 0.4) is 0 Å². The highest BCUT2D eigenvalue weighted by atomic mass is 16.4. The summed E-state index contributed by atoms with van der Waals surface area (Å²) in [5, 5.41) is 11.9. The van der Waals surface area contributed by atoms with Crippen molar-refractivity contribution in [2.24, 2.45) is 17.1 Å². The minimum Gasteiger partial charge on any atom is -0.481 e. The van der Waals surface area contributed by atoms with E-state index in [1.54, 1.807) is 0 Å². The first-order valence-electron chi connectivity index (χ1n) is 6.31. The van der Waals surface area contributed by atoms with Crippen LogP contribution in [0.1, 0.15) is 38.5 Å². The Morgan fingerprint density at radius 2 is 2.06 bits per heavy atom. The van der Waals surface area contributed by atoms with Gasteiger partial charge in [-0.25, -0.2) is 0 Å². The number of nitrogens with one attached hydrogen (secondary N) is 1. The van der Waals surface area contributed by atoms with E-state index in [1.165, 1.54) is 0 Å². The van der Waals surface area contributed by atoms with Crippen LogP contribution in [-0.4, -0.2) is 29.6 Å². The summed E-state index contributed by atoms with van der Waals surface area (Å²) in [4.78, 5) is 22.9. The summed E-state index contributed by atoms with van der Waals surface area (Å²) in [7, 11) is 0. The third-order valence-electron chi connectivity index (χ3n) is 4.30. The Balaban J connectivity index is 1.86. The van der Waals surface area contributed by atoms with Gasteiger partial charge < -0.3 is 16.2 Å². The van der Waals surface area contributed by atoms with Gasteiger partial charge in [0.05, 0.1) is 11.3 Å². The topological polar surface area (TPSA) is 92.4 Å². The fourth-order valence-electron chi connectivity index (χ4n) is 2.80. The lowest BCUT2D eigenvalue weighted by atomic mass is 9.68. The fraction of sp³-hybridized carbons (Fsp3) is 0.833. The molecule has 0 aromatic heterocycles. The lowest BCUT2D eigenvalue weighted by Gasteiger charge is -2.39. The van der Waals surface area contributed by atoms with E-state index in [-0.39, 0.29) is 23.3 Å². The number of carboxylic acids is 1. The van der Waals surface area contributed by atoms with E-state index in [2.05, 4.69) is 5.32 Å². The fourth-order valence-corrected chi connectivity index (χ4v) is 2.80. The smallest absolute Gasteiger partial charge is 0.306 e. The second-order valence-corrected chi connectivity index (χ2v) is 5.36. The molecule has 0 bridgehead atoms. The van der Waals surface area contributed by atoms with Crippen molar-refractivity contribution in [2.45, 2.75) is 44.6 Å². The van der Waals surface area contributed by atoms with Crippen molar-refractivity contribution in [3.8, 4) is 0 Å². The molecule has 0 aromatic carbocycles. The summed E-state index contributed by atoms with van der Waals surface area (Å²) in [6.45, 7) is 0.397. The molecule has 0 spiro atoms. The summed E-state index contributed by atoms with van der Waals surface area (Å²) >= 11 is 0. The van der Waals surface area contributed by atoms with E-state index in [9.17, 15) is 9.59 Å². The van der Waals surface area contributed by atoms with Crippen LogP contribution in [0.2, 0.25) is 0 Å². The first-order valence-corrected chi connectivity index (χ1v) is 6.31. The zero-order valence-electron chi connectivity index (χ0n) is 9.95. The first kappa shape index (κ1) is 12.4. The molecule has 0 unspecified atom stereocenters. The second kappa shape index (κ2) is 4.64. The quantitative estimate of drug-likeness (QED) is 0.666. The van der Waals surface area contributed by atoms with Gasteiger partial charge in [-0.3, -0.25) is 9.59 Å². The number of carbonyl (C=O) groups excluding carboxylic acids is 1. The number of aliphatic carboxylic acids is 1. The molecule has 2 rings (SSSR count). The minimum atomic E-state index is -0.751. The molecule has 0 aromatic rings. The average Bonchev–Trinajstić information content (AvgIpc) is 2.65. The zero-order valence-corrected chi connectivity index (χ0v) is 9.95. The summed E-state index contributed by atoms with van der Waals surface area (Å²) in [5.74, 6) is -1.02. The van der Waals surface area contributed by atoms with E-state index >= 15 is 0 Å². The van der Waals surface area contributed by atoms with Gasteiger partial charge in [0, 0.05) is 12.6 Å². The standard InChI is InChI=1S/C12H20N2O3/c13-7-12(4-1-5-12)11(17)14-9-3-2-8(6-9)10(15)16/h8-9H,1-7,13H2,(H,14,17)(H,15,16)/t8-,9+/m1/s1. The van der Waals surface area contributed by atoms with Crippen LogP contribution in [0.4, 0.5) is 0 Å². The Morgan fingerprint density at radius 1 is 1.35 bits per heavy atom. The summed E-state index contributed by atoms with van der Waals surface area (Å²) < 4.78 is 0. The number of nitrogens with two attached hydrogens (primary N) is 1. The van der Waals surface area contributed by atoms with Crippen molar-refractivity contribution >= 4 is 11.9 Å². The number of hydrogen-bond donors (Lipinski definition) is 3. The van der Waals surface area contributed by atoms with Gasteiger partial charge in [0.1, 0.15) is 0 Å². The molecule has 1 amide bonds. The highest BCUT2D eigenvalue weighted by Gasteiger charge is 2.44. The van der Waals surface area contributed by atoms with E-state index < -0.39 is 5.97 Å². The van der Waals surface area contributed by atoms with Gasteiger partial charge in [-0.2, -0.15) is 0 Å². The maximum absolute atomic E-state index is 12.1. The van der Waals surface area contributed by atoms with E-state index in [4.69, 9.17) is 10.8 Å². The normalized spacial score (nSPS) is 30.6. The molecular weight excluding hydrogens is 220 g/mol. The lowest BCUT2D eigenvalue weighted by Crippen LogP contribution is -2.52. The van der Waals surface area contributed by atoms with Gasteiger partial charge in [0.25, 0.3) is 0 Å². The molecule has 0 aliphatic heterocycles. The van der Waals surface area contributed by atoms with Gasteiger partial charge in [-0.05, 0) is 32.1 Å². The van der Waals surface area contributed by atoms with Crippen LogP contribution in [0.5, 0.6) is 0 Å². The molecular formula is C12H20N2O3. The van der Waals surface area contributed by atoms with E-state index in [0.29, 0.717) is 19.4 Å². The van der Waals surface area contributed by atoms with Crippen molar-refractivity contribution in [1.82, 2.24) is 5.32 Å². The van der Waals surface area contributed by atoms with Crippen LogP contribution in [0.25, 0.3) is 0 Å². The van der Waals surface area contributed by atoms with Crippen LogP contribution in [-0.2, 0) is 9.59 Å². The minimum absolute atomic E-state index is 0.0209. The highest BCUT2D eigenvalue weighted by Crippen LogP contribution is 2.40. The molecule has 2 aliphatic rings. The van der Waals surface area contributed by atoms with Crippen molar-refractivity contribution in [3.63, 3.8) is 0 Å². The SMILES string of the molecule is NCC1(C(=O)N[C@H]2CC[C@@H](C(=O)O)C2)CCC1. The molecule has 17 heavy (non-hydrogen) atoms. The molecule has 2 saturated carbocycles. The van der Waals surface area contributed by atoms with Crippen molar-refractivity contribution < 1.29 is 14.7 Å². The Morgan fingerprint density at radius 3 is 2.47 bits per heavy atom. The maximum Gasteiger partial charge on any atom is 0.306 e. The van der Waals surface area contributed by atoms with Gasteiger partial charge in [0.15, 0.2) is 0 Å². The summed E-state index contributed by atoms with van der Waals surface area (Å²) in [5.41, 5.74) is 5.30. The molecule has 2 atom stereocenters. The van der Waals surface area contributed by atoms with Gasteiger partial charge in [-0.15, -0.1) is 0 Å². The maximum atomic E-state index is 12.1. The van der Waals surface area contributed by atoms with E-state index in [0.717, 1.165) is 25.7 Å². The van der Waals surface area contributed by atoms with Crippen LogP contribution in [0.15, 0.2) is 0 Å². The van der Waals surface area contributed by atoms with Crippen LogP contribution in [0, 0.1) is 11.3 Å². The van der Waals surface area contributed by atoms with Gasteiger partial charge in [-0.1, -0.05) is 6.42 Å². The Hall–Kier alpha value is -1.10. The number of amides is 1. The number of carboxylic acid groups (broad SMARTS) is 1. The van der Waals surface area contributed by atoms with Crippen LogP contribution < -0.4 is 11.1 Å². The molecule has 5 heteroatoms. The highest BCUT2D eigenvalue weighted by molar-refractivity contribution is 5.84. The molecule has 96 valence electrons. The molecule has 0 heterocycles. The Kier molecular flexibility index (Phi) is 3.38. The Labute approximate surface area is 101 Å².